The summed E-state index contributed by atoms with van der Waals surface area (Å²) in [7, 11) is -1.66. The Morgan fingerprint density at radius 2 is 1.40 bits per heavy atom. The van der Waals surface area contributed by atoms with Gasteiger partial charge in [0.2, 0.25) is 0 Å². The highest BCUT2D eigenvalue weighted by molar-refractivity contribution is 7.92. The molecule has 0 amide bonds. The normalized spacial score (nSPS) is 13.7. The number of rotatable bonds is 3. The van der Waals surface area contributed by atoms with Gasteiger partial charge < -0.3 is 9.05 Å². The molecule has 0 aromatic rings. The van der Waals surface area contributed by atoms with E-state index < -0.39 is 14.9 Å². The smallest absolute Gasteiger partial charge is 0.296 e. The molecule has 62 valence electrons. The van der Waals surface area contributed by atoms with Gasteiger partial charge in [0.1, 0.15) is 0 Å². The molecule has 0 aliphatic heterocycles. The van der Waals surface area contributed by atoms with Crippen LogP contribution in [0.2, 0.25) is 19.6 Å². The molecule has 0 aromatic heterocycles. The lowest BCUT2D eigenvalue weighted by Gasteiger charge is -2.24. The lowest BCUT2D eigenvalue weighted by Crippen LogP contribution is -2.22. The molecule has 0 heterocycles. The Balaban J connectivity index is 4.51. The highest BCUT2D eigenvalue weighted by atomic mass is 31.4. The maximum absolute atomic E-state index is 11.6. The largest absolute Gasteiger partial charge is 0.316 e. The molecule has 0 radical (unpaired) electrons. The van der Waals surface area contributed by atoms with E-state index in [1.807, 2.05) is 19.6 Å². The van der Waals surface area contributed by atoms with Gasteiger partial charge in [0.25, 0.3) is 7.14 Å². The van der Waals surface area contributed by atoms with Gasteiger partial charge in [0, 0.05) is 14.2 Å². The molecule has 10 heavy (non-hydrogen) atoms. The number of hydrogen-bond acceptors (Lipinski definition) is 3. The van der Waals surface area contributed by atoms with Crippen LogP contribution >= 0.6 is 7.14 Å². The van der Waals surface area contributed by atoms with Crippen LogP contribution < -0.4 is 0 Å². The fourth-order valence-electron chi connectivity index (χ4n) is 0.622. The van der Waals surface area contributed by atoms with Gasteiger partial charge in [-0.3, -0.25) is 4.57 Å². The van der Waals surface area contributed by atoms with Crippen LogP contribution in [0.25, 0.3) is 0 Å². The molecule has 0 spiro atoms. The second kappa shape index (κ2) is 3.18. The van der Waals surface area contributed by atoms with E-state index in [4.69, 9.17) is 9.05 Å². The topological polar surface area (TPSA) is 35.5 Å². The van der Waals surface area contributed by atoms with Crippen molar-refractivity contribution < 1.29 is 13.6 Å². The van der Waals surface area contributed by atoms with Crippen molar-refractivity contribution in [2.24, 2.45) is 0 Å². The lowest BCUT2D eigenvalue weighted by molar-refractivity contribution is 0.291. The Kier molecular flexibility index (Phi) is 3.29. The van der Waals surface area contributed by atoms with E-state index in [2.05, 4.69) is 0 Å². The first-order valence-electron chi connectivity index (χ1n) is 3.09. The summed E-state index contributed by atoms with van der Waals surface area (Å²) in [6.45, 7) is 5.88. The first-order valence-corrected chi connectivity index (χ1v) is 8.97. The molecule has 0 aliphatic carbocycles. The van der Waals surface area contributed by atoms with Gasteiger partial charge in [-0.15, -0.1) is 0 Å². The van der Waals surface area contributed by atoms with Gasteiger partial charge in [-0.05, 0) is 0 Å². The Bertz CT molecular complexity index is 143. The average molecular weight is 182 g/mol. The van der Waals surface area contributed by atoms with Gasteiger partial charge >= 0.3 is 0 Å². The summed E-state index contributed by atoms with van der Waals surface area (Å²) in [6.07, 6.45) is 0. The van der Waals surface area contributed by atoms with E-state index >= 15 is 0 Å². The summed E-state index contributed by atoms with van der Waals surface area (Å²) in [5.74, 6) is 0. The van der Waals surface area contributed by atoms with Crippen molar-refractivity contribution in [3.05, 3.63) is 0 Å². The van der Waals surface area contributed by atoms with E-state index in [1.54, 1.807) is 0 Å². The van der Waals surface area contributed by atoms with Crippen LogP contribution in [0.15, 0.2) is 0 Å². The molecule has 0 bridgehead atoms. The van der Waals surface area contributed by atoms with E-state index in [1.165, 1.54) is 14.2 Å². The minimum Gasteiger partial charge on any atom is -0.316 e. The minimum absolute atomic E-state index is 1.43. The Morgan fingerprint density at radius 3 is 1.40 bits per heavy atom. The van der Waals surface area contributed by atoms with Gasteiger partial charge in [0.05, 0.1) is 0 Å². The van der Waals surface area contributed by atoms with Crippen LogP contribution in [0, 0.1) is 0 Å². The predicted octanol–water partition coefficient (Wildman–Crippen LogP) is 2.31. The first kappa shape index (κ1) is 10.4. The van der Waals surface area contributed by atoms with Crippen molar-refractivity contribution in [2.45, 2.75) is 19.6 Å². The average Bonchev–Trinajstić information content (AvgIpc) is 1.84. The monoisotopic (exact) mass is 182 g/mol. The molecule has 0 fully saturated rings. The molecule has 0 unspecified atom stereocenters. The van der Waals surface area contributed by atoms with E-state index in [9.17, 15) is 4.57 Å². The zero-order valence-corrected chi connectivity index (χ0v) is 9.07. The lowest BCUT2D eigenvalue weighted by atomic mass is 11.8. The summed E-state index contributed by atoms with van der Waals surface area (Å²) >= 11 is 0. The van der Waals surface area contributed by atoms with Crippen LogP contribution in [0.4, 0.5) is 0 Å². The summed E-state index contributed by atoms with van der Waals surface area (Å²) in [5.41, 5.74) is 0. The molecule has 0 saturated heterocycles. The molecule has 0 saturated carbocycles. The molecule has 3 nitrogen and oxygen atoms in total. The van der Waals surface area contributed by atoms with E-state index in [0.29, 0.717) is 0 Å². The minimum atomic E-state index is -2.73. The van der Waals surface area contributed by atoms with Crippen molar-refractivity contribution in [1.82, 2.24) is 0 Å². The molecule has 5 heteroatoms. The summed E-state index contributed by atoms with van der Waals surface area (Å²) < 4.78 is 21.3. The zero-order chi connectivity index (χ0) is 8.41. The van der Waals surface area contributed by atoms with Gasteiger partial charge in [0.15, 0.2) is 7.74 Å². The first-order chi connectivity index (χ1) is 4.37. The van der Waals surface area contributed by atoms with Gasteiger partial charge in [-0.2, -0.15) is 0 Å². The Hall–Kier alpha value is 0.367. The summed E-state index contributed by atoms with van der Waals surface area (Å²) in [5, 5.41) is 0. The van der Waals surface area contributed by atoms with Gasteiger partial charge in [-0.1, -0.05) is 19.6 Å². The molecule has 0 N–H and O–H groups in total. The molecule has 0 rings (SSSR count). The second-order valence-electron chi connectivity index (χ2n) is 3.03. The maximum atomic E-state index is 11.6. The van der Waals surface area contributed by atoms with Gasteiger partial charge in [-0.25, -0.2) is 0 Å². The van der Waals surface area contributed by atoms with Crippen molar-refractivity contribution in [1.29, 1.82) is 0 Å². The van der Waals surface area contributed by atoms with Crippen molar-refractivity contribution in [3.63, 3.8) is 0 Å². The highest BCUT2D eigenvalue weighted by Gasteiger charge is 2.39. The highest BCUT2D eigenvalue weighted by Crippen LogP contribution is 2.55. The second-order valence-corrected chi connectivity index (χ2v) is 14.8. The van der Waals surface area contributed by atoms with Crippen LogP contribution in [0.1, 0.15) is 0 Å². The van der Waals surface area contributed by atoms with E-state index in [-0.39, 0.29) is 0 Å². The fourth-order valence-corrected chi connectivity index (χ4v) is 5.15. The third-order valence-electron chi connectivity index (χ3n) is 1.30. The van der Waals surface area contributed by atoms with Crippen molar-refractivity contribution >= 4 is 14.9 Å². The van der Waals surface area contributed by atoms with Crippen LogP contribution in [0.5, 0.6) is 0 Å². The molecule has 0 aromatic carbocycles. The van der Waals surface area contributed by atoms with Crippen LogP contribution in [-0.2, 0) is 13.6 Å². The van der Waals surface area contributed by atoms with Crippen molar-refractivity contribution in [3.8, 4) is 0 Å². The van der Waals surface area contributed by atoms with Crippen molar-refractivity contribution in [2.75, 3.05) is 14.2 Å². The fraction of sp³-hybridized carbons (Fsp3) is 1.00. The quantitative estimate of drug-likeness (QED) is 0.496. The summed E-state index contributed by atoms with van der Waals surface area (Å²) in [4.78, 5) is 0. The molecular formula is C5H15O3PSi. The standard InChI is InChI=1S/C5H15O3PSi/c1-7-9(6,8-2)10(3,4)5/h1-5H3. The third-order valence-corrected chi connectivity index (χ3v) is 9.93. The maximum Gasteiger partial charge on any atom is 0.296 e. The number of hydrogen-bond donors (Lipinski definition) is 0. The predicted molar refractivity (Wildman–Crippen MR) is 45.0 cm³/mol. The third kappa shape index (κ3) is 1.92. The van der Waals surface area contributed by atoms with E-state index in [0.717, 1.165) is 0 Å². The molecule has 0 aliphatic rings. The Labute approximate surface area is 63.1 Å². The Morgan fingerprint density at radius 1 is 1.10 bits per heavy atom. The van der Waals surface area contributed by atoms with Crippen LogP contribution in [0.3, 0.4) is 0 Å². The summed E-state index contributed by atoms with van der Waals surface area (Å²) in [6, 6.07) is 0. The molecular weight excluding hydrogens is 167 g/mol. The molecule has 0 atom stereocenters. The SMILES string of the molecule is COP(=O)(OC)[Si](C)(C)C. The van der Waals surface area contributed by atoms with Crippen LogP contribution in [-0.4, -0.2) is 22.0 Å². The zero-order valence-electron chi connectivity index (χ0n) is 7.17.